The van der Waals surface area contributed by atoms with Crippen LogP contribution >= 0.6 is 0 Å². The van der Waals surface area contributed by atoms with Crippen molar-refractivity contribution in [3.8, 4) is 0 Å². The number of aliphatic hydroxyl groups is 1. The van der Waals surface area contributed by atoms with Crippen LogP contribution in [0.15, 0.2) is 48.5 Å². The predicted molar refractivity (Wildman–Crippen MR) is 154 cm³/mol. The summed E-state index contributed by atoms with van der Waals surface area (Å²) in [7, 11) is 0. The third kappa shape index (κ3) is 7.20. The number of likely N-dealkylation sites (tertiary alicyclic amines) is 1. The Bertz CT molecular complexity index is 1350. The Morgan fingerprint density at radius 1 is 1.08 bits per heavy atom. The molecular weight excluding hydrogens is 500 g/mol. The van der Waals surface area contributed by atoms with E-state index < -0.39 is 6.43 Å². The van der Waals surface area contributed by atoms with Gasteiger partial charge in [-0.15, -0.1) is 0 Å². The lowest BCUT2D eigenvalue weighted by molar-refractivity contribution is 0.0388. The minimum absolute atomic E-state index is 0.142. The van der Waals surface area contributed by atoms with E-state index >= 15 is 0 Å². The van der Waals surface area contributed by atoms with E-state index in [2.05, 4.69) is 68.5 Å². The number of nitrogen functional groups attached to an aromatic ring is 1. The van der Waals surface area contributed by atoms with Gasteiger partial charge in [0.25, 0.3) is 6.43 Å². The number of rotatable bonds is 11. The number of anilines is 2. The molecule has 8 nitrogen and oxygen atoms in total. The van der Waals surface area contributed by atoms with Gasteiger partial charge in [0.2, 0.25) is 5.95 Å². The summed E-state index contributed by atoms with van der Waals surface area (Å²) in [4.78, 5) is 10.9. The minimum Gasteiger partial charge on any atom is -0.397 e. The van der Waals surface area contributed by atoms with Gasteiger partial charge in [0.05, 0.1) is 12.1 Å². The monoisotopic (exact) mass is 539 g/mol. The summed E-state index contributed by atoms with van der Waals surface area (Å²) in [5.41, 5.74) is 11.3. The van der Waals surface area contributed by atoms with Crippen LogP contribution in [0, 0.1) is 0 Å². The summed E-state index contributed by atoms with van der Waals surface area (Å²) in [6.07, 6.45) is -0.139. The molecular formula is C29H39F2N7O. The highest BCUT2D eigenvalue weighted by Gasteiger charge is 2.28. The molecule has 0 spiro atoms. The fraction of sp³-hybridized carbons (Fsp3) is 0.448. The molecule has 1 aliphatic heterocycles. The van der Waals surface area contributed by atoms with Crippen LogP contribution in [0.5, 0.6) is 0 Å². The van der Waals surface area contributed by atoms with Crippen molar-refractivity contribution in [2.75, 3.05) is 43.8 Å². The molecule has 0 aliphatic carbocycles. The van der Waals surface area contributed by atoms with Crippen molar-refractivity contribution >= 4 is 33.7 Å². The molecule has 1 fully saturated rings. The number of unbranched alkanes of at least 4 members (excludes halogenated alkanes) is 1. The average Bonchev–Trinajstić information content (AvgIpc) is 3.19. The summed E-state index contributed by atoms with van der Waals surface area (Å²) >= 11 is 0. The Morgan fingerprint density at radius 3 is 2.56 bits per heavy atom. The third-order valence-electron chi connectivity index (χ3n) is 6.72. The second-order valence-corrected chi connectivity index (χ2v) is 9.83. The standard InChI is InChI=1S/C27H33F2N7.C2H6O/c1-2-3-11-31-26-25-24(33-27(30)34-26)21-9-4-5-10-22(21)36(25)14-19-8-6-7-18(12-19)13-32-20-15-35(16-20)17-23(28)29;1-2-3/h4-10,12,20,23,32H,2-3,11,13-17H2,1H3,(H3,30,31,33,34);3H,2H2,1H3. The van der Waals surface area contributed by atoms with Crippen LogP contribution in [0.4, 0.5) is 20.5 Å². The van der Waals surface area contributed by atoms with Crippen LogP contribution in [0.3, 0.4) is 0 Å². The van der Waals surface area contributed by atoms with Gasteiger partial charge in [0.1, 0.15) is 11.0 Å². The van der Waals surface area contributed by atoms with Crippen LogP contribution in [0.1, 0.15) is 37.8 Å². The number of para-hydroxylation sites is 1. The molecule has 10 heteroatoms. The number of benzene rings is 2. The van der Waals surface area contributed by atoms with Crippen LogP contribution in [0.2, 0.25) is 0 Å². The van der Waals surface area contributed by atoms with Crippen LogP contribution in [0.25, 0.3) is 21.9 Å². The van der Waals surface area contributed by atoms with E-state index in [1.165, 1.54) is 11.1 Å². The summed E-state index contributed by atoms with van der Waals surface area (Å²) in [6, 6.07) is 17.0. The second kappa shape index (κ2) is 13.6. The maximum Gasteiger partial charge on any atom is 0.251 e. The number of aliphatic hydroxyl groups excluding tert-OH is 1. The van der Waals surface area contributed by atoms with E-state index in [4.69, 9.17) is 10.8 Å². The normalized spacial score (nSPS) is 14.0. The van der Waals surface area contributed by atoms with Crippen molar-refractivity contribution in [2.24, 2.45) is 0 Å². The number of alkyl halides is 2. The van der Waals surface area contributed by atoms with Gasteiger partial charge in [-0.2, -0.15) is 4.98 Å². The lowest BCUT2D eigenvalue weighted by Gasteiger charge is -2.39. The minimum atomic E-state index is -2.27. The molecule has 39 heavy (non-hydrogen) atoms. The van der Waals surface area contributed by atoms with Gasteiger partial charge in [0, 0.05) is 50.8 Å². The van der Waals surface area contributed by atoms with E-state index in [1.54, 1.807) is 11.8 Å². The smallest absolute Gasteiger partial charge is 0.251 e. The Kier molecular flexibility index (Phi) is 10.0. The number of nitrogens with two attached hydrogens (primary N) is 1. The number of aromatic nitrogens is 3. The zero-order valence-corrected chi connectivity index (χ0v) is 22.7. The van der Waals surface area contributed by atoms with Crippen molar-refractivity contribution < 1.29 is 13.9 Å². The Morgan fingerprint density at radius 2 is 1.82 bits per heavy atom. The number of hydrogen-bond donors (Lipinski definition) is 4. The van der Waals surface area contributed by atoms with Crippen molar-refractivity contribution in [2.45, 2.75) is 52.2 Å². The molecule has 0 amide bonds. The average molecular weight is 540 g/mol. The Labute approximate surface area is 228 Å². The first kappa shape index (κ1) is 28.7. The second-order valence-electron chi connectivity index (χ2n) is 9.83. The van der Waals surface area contributed by atoms with E-state index in [0.29, 0.717) is 26.2 Å². The molecule has 1 aliphatic rings. The molecule has 0 bridgehead atoms. The van der Waals surface area contributed by atoms with Gasteiger partial charge < -0.3 is 26.0 Å². The van der Waals surface area contributed by atoms with E-state index in [9.17, 15) is 8.78 Å². The first-order chi connectivity index (χ1) is 18.9. The quantitative estimate of drug-likeness (QED) is 0.209. The van der Waals surface area contributed by atoms with Crippen LogP contribution < -0.4 is 16.4 Å². The zero-order chi connectivity index (χ0) is 27.8. The van der Waals surface area contributed by atoms with E-state index in [1.807, 2.05) is 12.1 Å². The highest BCUT2D eigenvalue weighted by Crippen LogP contribution is 2.33. The molecule has 1 saturated heterocycles. The van der Waals surface area contributed by atoms with Crippen LogP contribution in [-0.4, -0.2) is 69.8 Å². The summed E-state index contributed by atoms with van der Waals surface area (Å²) in [6.45, 7) is 7.48. The summed E-state index contributed by atoms with van der Waals surface area (Å²) in [5, 5.41) is 15.6. The predicted octanol–water partition coefficient (Wildman–Crippen LogP) is 4.46. The van der Waals surface area contributed by atoms with Crippen molar-refractivity contribution in [3.05, 3.63) is 59.7 Å². The number of nitrogens with one attached hydrogen (secondary N) is 2. The van der Waals surface area contributed by atoms with Crippen molar-refractivity contribution in [1.82, 2.24) is 24.8 Å². The van der Waals surface area contributed by atoms with E-state index in [-0.39, 0.29) is 25.1 Å². The molecule has 0 radical (unpaired) electrons. The SMILES string of the molecule is CCCCNc1nc(N)nc2c3ccccc3n(Cc3cccc(CNC4CN(CC(F)F)C4)c3)c12.CCO. The number of hydrogen-bond acceptors (Lipinski definition) is 7. The molecule has 5 N–H and O–H groups in total. The third-order valence-corrected chi connectivity index (χ3v) is 6.72. The van der Waals surface area contributed by atoms with Gasteiger partial charge in [-0.25, -0.2) is 13.8 Å². The largest absolute Gasteiger partial charge is 0.397 e. The lowest BCUT2D eigenvalue weighted by atomic mass is 10.1. The molecule has 0 atom stereocenters. The van der Waals surface area contributed by atoms with E-state index in [0.717, 1.165) is 47.1 Å². The number of fused-ring (bicyclic) bond motifs is 3. The Balaban J connectivity index is 0.00000112. The Hall–Kier alpha value is -3.34. The van der Waals surface area contributed by atoms with Gasteiger partial charge in [-0.1, -0.05) is 55.8 Å². The topological polar surface area (TPSA) is 104 Å². The fourth-order valence-electron chi connectivity index (χ4n) is 4.94. The molecule has 2 aromatic carbocycles. The molecule has 2 aromatic heterocycles. The lowest BCUT2D eigenvalue weighted by Crippen LogP contribution is -2.58. The maximum absolute atomic E-state index is 12.5. The molecule has 0 saturated carbocycles. The van der Waals surface area contributed by atoms with Crippen molar-refractivity contribution in [3.63, 3.8) is 0 Å². The molecule has 210 valence electrons. The fourth-order valence-corrected chi connectivity index (χ4v) is 4.94. The first-order valence-electron chi connectivity index (χ1n) is 13.6. The highest BCUT2D eigenvalue weighted by molar-refractivity contribution is 6.09. The number of nitrogens with zero attached hydrogens (tertiary/aromatic N) is 4. The van der Waals surface area contributed by atoms with Gasteiger partial charge >= 0.3 is 0 Å². The van der Waals surface area contributed by atoms with Crippen LogP contribution in [-0.2, 0) is 13.1 Å². The molecule has 0 unspecified atom stereocenters. The van der Waals surface area contributed by atoms with Gasteiger partial charge in [0.15, 0.2) is 5.82 Å². The first-order valence-corrected chi connectivity index (χ1v) is 13.6. The number of halogens is 2. The summed E-state index contributed by atoms with van der Waals surface area (Å²) in [5.74, 6) is 1.03. The molecule has 4 aromatic rings. The summed E-state index contributed by atoms with van der Waals surface area (Å²) < 4.78 is 27.3. The van der Waals surface area contributed by atoms with Crippen molar-refractivity contribution in [1.29, 1.82) is 0 Å². The maximum atomic E-state index is 12.5. The van der Waals surface area contributed by atoms with Gasteiger partial charge in [-0.3, -0.25) is 4.90 Å². The highest BCUT2D eigenvalue weighted by atomic mass is 19.3. The van der Waals surface area contributed by atoms with Gasteiger partial charge in [-0.05, 0) is 30.5 Å². The molecule has 3 heterocycles. The zero-order valence-electron chi connectivity index (χ0n) is 22.7. The molecule has 5 rings (SSSR count).